The second kappa shape index (κ2) is 5.67. The Bertz CT molecular complexity index is 708. The summed E-state index contributed by atoms with van der Waals surface area (Å²) in [7, 11) is 0.871. The average molecular weight is 340 g/mol. The number of methoxy groups -OCH3 is 1. The van der Waals surface area contributed by atoms with Crippen LogP contribution in [0.3, 0.4) is 0 Å². The van der Waals surface area contributed by atoms with Gasteiger partial charge in [0.1, 0.15) is 5.82 Å². The average Bonchev–Trinajstić information content (AvgIpc) is 2.45. The van der Waals surface area contributed by atoms with Crippen LogP contribution in [0.2, 0.25) is 0 Å². The van der Waals surface area contributed by atoms with E-state index in [0.29, 0.717) is 0 Å². The monoisotopic (exact) mass is 340 g/mol. The van der Waals surface area contributed by atoms with Gasteiger partial charge in [0.15, 0.2) is 5.69 Å². The summed E-state index contributed by atoms with van der Waals surface area (Å²) in [5.41, 5.74) is -2.85. The van der Waals surface area contributed by atoms with Gasteiger partial charge in [-0.2, -0.15) is 31.3 Å². The Labute approximate surface area is 124 Å². The number of nitrogens with zero attached hydrogens (tertiary/aromatic N) is 2. The zero-order valence-electron chi connectivity index (χ0n) is 11.3. The second-order valence-corrected chi connectivity index (χ2v) is 4.28. The maximum absolute atomic E-state index is 13.1. The van der Waals surface area contributed by atoms with Gasteiger partial charge < -0.3 is 4.74 Å². The summed E-state index contributed by atoms with van der Waals surface area (Å²) in [5, 5.41) is 0. The fourth-order valence-corrected chi connectivity index (χ4v) is 1.80. The minimum atomic E-state index is -5.19. The molecule has 2 aromatic rings. The fraction of sp³-hybridized carbons (Fsp3) is 0.231. The second-order valence-electron chi connectivity index (χ2n) is 4.28. The van der Waals surface area contributed by atoms with Crippen LogP contribution in [0, 0.1) is 5.82 Å². The third-order valence-corrected chi connectivity index (χ3v) is 2.72. The molecule has 124 valence electrons. The molecule has 0 N–H and O–H groups in total. The highest BCUT2D eigenvalue weighted by atomic mass is 19.4. The van der Waals surface area contributed by atoms with E-state index in [0.717, 1.165) is 31.4 Å². The highest BCUT2D eigenvalue weighted by Crippen LogP contribution is 2.42. The van der Waals surface area contributed by atoms with Crippen molar-refractivity contribution in [2.24, 2.45) is 0 Å². The summed E-state index contributed by atoms with van der Waals surface area (Å²) in [6, 6.07) is 3.62. The van der Waals surface area contributed by atoms with Crippen LogP contribution in [0.5, 0.6) is 5.88 Å². The summed E-state index contributed by atoms with van der Waals surface area (Å²) < 4.78 is 94.8. The smallest absolute Gasteiger partial charge is 0.451 e. The van der Waals surface area contributed by atoms with Crippen molar-refractivity contribution >= 4 is 0 Å². The first-order valence-electron chi connectivity index (χ1n) is 5.90. The van der Waals surface area contributed by atoms with Crippen molar-refractivity contribution in [3.63, 3.8) is 0 Å². The molecule has 0 radical (unpaired) electrons. The van der Waals surface area contributed by atoms with Crippen molar-refractivity contribution in [2.75, 3.05) is 7.11 Å². The quantitative estimate of drug-likeness (QED) is 0.764. The largest absolute Gasteiger partial charge is 0.480 e. The third-order valence-electron chi connectivity index (χ3n) is 2.72. The van der Waals surface area contributed by atoms with Crippen LogP contribution < -0.4 is 4.74 Å². The SMILES string of the molecule is COc1nc(C(F)(F)F)nc(C(F)(F)F)c1-c1ccc(F)cc1. The Morgan fingerprint density at radius 1 is 0.870 bits per heavy atom. The molecule has 10 heteroatoms. The van der Waals surface area contributed by atoms with Crippen LogP contribution in [0.15, 0.2) is 24.3 Å². The first-order valence-corrected chi connectivity index (χ1v) is 5.90. The minimum absolute atomic E-state index is 0.232. The van der Waals surface area contributed by atoms with E-state index in [4.69, 9.17) is 0 Å². The van der Waals surface area contributed by atoms with Gasteiger partial charge in [0, 0.05) is 0 Å². The summed E-state index contributed by atoms with van der Waals surface area (Å²) in [6.07, 6.45) is -10.4. The van der Waals surface area contributed by atoms with Gasteiger partial charge in [-0.1, -0.05) is 12.1 Å². The maximum Gasteiger partial charge on any atom is 0.451 e. The Kier molecular flexibility index (Phi) is 4.18. The van der Waals surface area contributed by atoms with E-state index >= 15 is 0 Å². The van der Waals surface area contributed by atoms with Gasteiger partial charge in [0.2, 0.25) is 11.7 Å². The number of ether oxygens (including phenoxy) is 1. The Balaban J connectivity index is 2.80. The van der Waals surface area contributed by atoms with Gasteiger partial charge in [-0.15, -0.1) is 0 Å². The normalized spacial score (nSPS) is 12.3. The molecule has 0 saturated carbocycles. The molecule has 0 aliphatic heterocycles. The maximum atomic E-state index is 13.1. The molecule has 0 saturated heterocycles. The predicted molar refractivity (Wildman–Crippen MR) is 64.0 cm³/mol. The van der Waals surface area contributed by atoms with Crippen molar-refractivity contribution in [1.29, 1.82) is 0 Å². The van der Waals surface area contributed by atoms with E-state index in [1.165, 1.54) is 0 Å². The zero-order chi connectivity index (χ0) is 17.4. The van der Waals surface area contributed by atoms with Gasteiger partial charge in [0.25, 0.3) is 0 Å². The van der Waals surface area contributed by atoms with Crippen LogP contribution in [-0.2, 0) is 12.4 Å². The molecular formula is C13H7F7N2O. The van der Waals surface area contributed by atoms with Crippen molar-refractivity contribution in [2.45, 2.75) is 12.4 Å². The molecule has 0 fully saturated rings. The molecule has 0 amide bonds. The molecule has 0 aliphatic carbocycles. The minimum Gasteiger partial charge on any atom is -0.480 e. The van der Waals surface area contributed by atoms with Crippen LogP contribution in [0.4, 0.5) is 30.7 Å². The van der Waals surface area contributed by atoms with Crippen molar-refractivity contribution in [3.8, 4) is 17.0 Å². The fourth-order valence-electron chi connectivity index (χ4n) is 1.80. The van der Waals surface area contributed by atoms with Crippen LogP contribution in [0.25, 0.3) is 11.1 Å². The van der Waals surface area contributed by atoms with Crippen LogP contribution in [-0.4, -0.2) is 17.1 Å². The number of hydrogen-bond donors (Lipinski definition) is 0. The predicted octanol–water partition coefficient (Wildman–Crippen LogP) is 4.33. The summed E-state index contributed by atoms with van der Waals surface area (Å²) >= 11 is 0. The first-order chi connectivity index (χ1) is 10.5. The number of aromatic nitrogens is 2. The van der Waals surface area contributed by atoms with Gasteiger partial charge in [-0.3, -0.25) is 0 Å². The molecule has 3 nitrogen and oxygen atoms in total. The molecule has 1 aromatic heterocycles. The summed E-state index contributed by atoms with van der Waals surface area (Å²) in [4.78, 5) is 5.57. The number of alkyl halides is 6. The van der Waals surface area contributed by atoms with Gasteiger partial charge >= 0.3 is 12.4 Å². The molecule has 1 heterocycles. The van der Waals surface area contributed by atoms with Crippen LogP contribution in [0.1, 0.15) is 11.5 Å². The molecule has 0 unspecified atom stereocenters. The number of halogens is 7. The van der Waals surface area contributed by atoms with Crippen molar-refractivity contribution < 1.29 is 35.5 Å². The molecule has 0 bridgehead atoms. The van der Waals surface area contributed by atoms with E-state index in [-0.39, 0.29) is 5.56 Å². The molecule has 2 rings (SSSR count). The molecule has 0 atom stereocenters. The number of rotatable bonds is 2. The number of benzene rings is 1. The summed E-state index contributed by atoms with van der Waals surface area (Å²) in [6.45, 7) is 0. The topological polar surface area (TPSA) is 35.0 Å². The lowest BCUT2D eigenvalue weighted by atomic mass is 10.0. The lowest BCUT2D eigenvalue weighted by Crippen LogP contribution is -2.19. The Morgan fingerprint density at radius 3 is 1.87 bits per heavy atom. The van der Waals surface area contributed by atoms with E-state index in [1.807, 2.05) is 0 Å². The molecule has 0 aliphatic rings. The van der Waals surface area contributed by atoms with Crippen molar-refractivity contribution in [1.82, 2.24) is 9.97 Å². The van der Waals surface area contributed by atoms with Gasteiger partial charge in [-0.25, -0.2) is 9.37 Å². The number of hydrogen-bond acceptors (Lipinski definition) is 3. The molecule has 0 spiro atoms. The van der Waals surface area contributed by atoms with Crippen LogP contribution >= 0.6 is 0 Å². The Morgan fingerprint density at radius 2 is 1.43 bits per heavy atom. The van der Waals surface area contributed by atoms with Crippen molar-refractivity contribution in [3.05, 3.63) is 41.6 Å². The lowest BCUT2D eigenvalue weighted by molar-refractivity contribution is -0.152. The van der Waals surface area contributed by atoms with Gasteiger partial charge in [-0.05, 0) is 17.7 Å². The van der Waals surface area contributed by atoms with E-state index in [1.54, 1.807) is 0 Å². The highest BCUT2D eigenvalue weighted by molar-refractivity contribution is 5.71. The zero-order valence-corrected chi connectivity index (χ0v) is 11.3. The lowest BCUT2D eigenvalue weighted by Gasteiger charge is -2.17. The third kappa shape index (κ3) is 3.51. The molecular weight excluding hydrogens is 333 g/mol. The summed E-state index contributed by atoms with van der Waals surface area (Å²) in [5.74, 6) is -3.62. The van der Waals surface area contributed by atoms with E-state index in [2.05, 4.69) is 14.7 Å². The molecule has 1 aromatic carbocycles. The van der Waals surface area contributed by atoms with E-state index in [9.17, 15) is 30.7 Å². The Hall–Kier alpha value is -2.39. The van der Waals surface area contributed by atoms with E-state index < -0.39 is 41.1 Å². The molecule has 23 heavy (non-hydrogen) atoms. The first kappa shape index (κ1) is 17.0. The van der Waals surface area contributed by atoms with Gasteiger partial charge in [0.05, 0.1) is 12.7 Å². The highest BCUT2D eigenvalue weighted by Gasteiger charge is 2.43. The standard InChI is InChI=1S/C13H7F7N2O/c1-23-10-8(6-2-4-7(14)5-3-6)9(12(15,16)17)21-11(22-10)13(18,19)20/h2-5H,1H3.